The van der Waals surface area contributed by atoms with Crippen molar-refractivity contribution in [3.05, 3.63) is 4.77 Å². The molecule has 0 bridgehead atoms. The van der Waals surface area contributed by atoms with E-state index in [2.05, 4.69) is 19.7 Å². The summed E-state index contributed by atoms with van der Waals surface area (Å²) in [4.78, 5) is 2.22. The number of anilines is 1. The molecule has 20 heavy (non-hydrogen) atoms. The molecule has 2 fully saturated rings. The van der Waals surface area contributed by atoms with Crippen LogP contribution in [0.4, 0.5) is 5.95 Å². The van der Waals surface area contributed by atoms with E-state index in [0.717, 1.165) is 23.8 Å². The van der Waals surface area contributed by atoms with Gasteiger partial charge in [-0.2, -0.15) is 0 Å². The summed E-state index contributed by atoms with van der Waals surface area (Å²) in [5, 5.41) is 7.39. The van der Waals surface area contributed by atoms with Gasteiger partial charge in [-0.3, -0.25) is 4.57 Å². The zero-order chi connectivity index (χ0) is 14.1. The van der Waals surface area contributed by atoms with Crippen molar-refractivity contribution in [2.75, 3.05) is 32.2 Å². The fraction of sp³-hybridized carbons (Fsp3) is 0.846. The normalized spacial score (nSPS) is 27.6. The smallest absolute Gasteiger partial charge is 0.226 e. The average Bonchev–Trinajstić information content (AvgIpc) is 3.15. The van der Waals surface area contributed by atoms with E-state index in [4.69, 9.17) is 21.7 Å². The molecule has 2 atom stereocenters. The largest absolute Gasteiger partial charge is 0.377 e. The van der Waals surface area contributed by atoms with Gasteiger partial charge in [0.05, 0.1) is 0 Å². The van der Waals surface area contributed by atoms with Crippen LogP contribution in [0.1, 0.15) is 31.7 Å². The SMILES string of the molecule is COC1CN(c2n[nH]c(=S)n2C2CCCC2)CC1OC. The Hall–Kier alpha value is -0.920. The lowest BCUT2D eigenvalue weighted by Crippen LogP contribution is -2.27. The van der Waals surface area contributed by atoms with Gasteiger partial charge in [-0.05, 0) is 25.1 Å². The van der Waals surface area contributed by atoms with Crippen molar-refractivity contribution >= 4 is 18.2 Å². The second kappa shape index (κ2) is 5.83. The Balaban J connectivity index is 1.86. The molecule has 0 aromatic carbocycles. The zero-order valence-corrected chi connectivity index (χ0v) is 12.9. The topological polar surface area (TPSA) is 55.3 Å². The van der Waals surface area contributed by atoms with Gasteiger partial charge in [-0.1, -0.05) is 12.8 Å². The molecule has 0 spiro atoms. The van der Waals surface area contributed by atoms with Crippen molar-refractivity contribution in [1.82, 2.24) is 14.8 Å². The van der Waals surface area contributed by atoms with Crippen molar-refractivity contribution in [3.63, 3.8) is 0 Å². The van der Waals surface area contributed by atoms with Crippen LogP contribution >= 0.6 is 12.2 Å². The van der Waals surface area contributed by atoms with E-state index in [0.29, 0.717) is 6.04 Å². The maximum Gasteiger partial charge on any atom is 0.226 e. The minimum atomic E-state index is 0.0855. The number of nitrogens with zero attached hydrogens (tertiary/aromatic N) is 3. The van der Waals surface area contributed by atoms with E-state index < -0.39 is 0 Å². The molecule has 2 heterocycles. The number of hydrogen-bond acceptors (Lipinski definition) is 5. The van der Waals surface area contributed by atoms with Crippen LogP contribution < -0.4 is 4.90 Å². The second-order valence-corrected chi connectivity index (χ2v) is 5.98. The van der Waals surface area contributed by atoms with Crippen LogP contribution in [0, 0.1) is 4.77 Å². The van der Waals surface area contributed by atoms with E-state index >= 15 is 0 Å². The summed E-state index contributed by atoms with van der Waals surface area (Å²) in [5.41, 5.74) is 0. The van der Waals surface area contributed by atoms with Gasteiger partial charge < -0.3 is 14.4 Å². The first-order valence-corrected chi connectivity index (χ1v) is 7.63. The van der Waals surface area contributed by atoms with Crippen LogP contribution in [0.15, 0.2) is 0 Å². The van der Waals surface area contributed by atoms with E-state index in [1.165, 1.54) is 25.7 Å². The Morgan fingerprint density at radius 3 is 2.30 bits per heavy atom. The van der Waals surface area contributed by atoms with Gasteiger partial charge in [-0.15, -0.1) is 5.10 Å². The van der Waals surface area contributed by atoms with E-state index in [-0.39, 0.29) is 12.2 Å². The standard InChI is InChI=1S/C13H22N4O2S/c1-18-10-7-16(8-11(10)19-2)12-14-15-13(20)17(12)9-5-3-4-6-9/h9-11H,3-8H2,1-2H3,(H,15,20). The lowest BCUT2D eigenvalue weighted by molar-refractivity contribution is -0.00461. The number of aromatic nitrogens is 3. The number of methoxy groups -OCH3 is 2. The van der Waals surface area contributed by atoms with Gasteiger partial charge in [-0.25, -0.2) is 5.10 Å². The molecule has 1 saturated heterocycles. The van der Waals surface area contributed by atoms with Crippen molar-refractivity contribution < 1.29 is 9.47 Å². The van der Waals surface area contributed by atoms with Gasteiger partial charge >= 0.3 is 0 Å². The fourth-order valence-electron chi connectivity index (χ4n) is 3.37. The molecule has 1 aromatic heterocycles. The molecular formula is C13H22N4O2S. The summed E-state index contributed by atoms with van der Waals surface area (Å²) in [7, 11) is 3.46. The van der Waals surface area contributed by atoms with Gasteiger partial charge in [0, 0.05) is 33.4 Å². The van der Waals surface area contributed by atoms with Crippen LogP contribution in [0.2, 0.25) is 0 Å². The third-order valence-corrected chi connectivity index (χ3v) is 4.77. The minimum absolute atomic E-state index is 0.0855. The highest BCUT2D eigenvalue weighted by atomic mass is 32.1. The van der Waals surface area contributed by atoms with Gasteiger partial charge in [0.2, 0.25) is 5.95 Å². The molecular weight excluding hydrogens is 276 g/mol. The molecule has 2 unspecified atom stereocenters. The molecule has 6 nitrogen and oxygen atoms in total. The summed E-state index contributed by atoms with van der Waals surface area (Å²) in [6.07, 6.45) is 5.10. The van der Waals surface area contributed by atoms with E-state index in [1.54, 1.807) is 14.2 Å². The van der Waals surface area contributed by atoms with Crippen LogP contribution in [-0.4, -0.2) is 54.3 Å². The number of nitrogens with one attached hydrogen (secondary N) is 1. The van der Waals surface area contributed by atoms with Gasteiger partial charge in [0.25, 0.3) is 0 Å². The average molecular weight is 298 g/mol. The molecule has 2 aliphatic rings. The third-order valence-electron chi connectivity index (χ3n) is 4.48. The second-order valence-electron chi connectivity index (χ2n) is 5.59. The highest BCUT2D eigenvalue weighted by Crippen LogP contribution is 2.33. The Kier molecular flexibility index (Phi) is 4.09. The first-order chi connectivity index (χ1) is 9.74. The van der Waals surface area contributed by atoms with Gasteiger partial charge in [0.15, 0.2) is 4.77 Å². The zero-order valence-electron chi connectivity index (χ0n) is 12.0. The summed E-state index contributed by atoms with van der Waals surface area (Å²) in [6, 6.07) is 0.485. The molecule has 1 aliphatic heterocycles. The molecule has 0 radical (unpaired) electrons. The van der Waals surface area contributed by atoms with Crippen LogP contribution in [0.5, 0.6) is 0 Å². The molecule has 3 rings (SSSR count). The first-order valence-electron chi connectivity index (χ1n) is 7.22. The summed E-state index contributed by atoms with van der Waals surface area (Å²) in [6.45, 7) is 1.59. The minimum Gasteiger partial charge on any atom is -0.377 e. The predicted octanol–water partition coefficient (Wildman–Crippen LogP) is 1.91. The van der Waals surface area contributed by atoms with E-state index in [1.807, 2.05) is 0 Å². The lowest BCUT2D eigenvalue weighted by atomic mass is 10.2. The van der Waals surface area contributed by atoms with Crippen molar-refractivity contribution in [2.45, 2.75) is 43.9 Å². The van der Waals surface area contributed by atoms with Gasteiger partial charge in [0.1, 0.15) is 12.2 Å². The fourth-order valence-corrected chi connectivity index (χ4v) is 3.65. The highest BCUT2D eigenvalue weighted by Gasteiger charge is 2.36. The third kappa shape index (κ3) is 2.38. The van der Waals surface area contributed by atoms with Crippen LogP contribution in [0.3, 0.4) is 0 Å². The maximum absolute atomic E-state index is 5.50. The Morgan fingerprint density at radius 2 is 1.75 bits per heavy atom. The number of rotatable bonds is 4. The summed E-state index contributed by atoms with van der Waals surface area (Å²) < 4.78 is 13.9. The van der Waals surface area contributed by atoms with Crippen LogP contribution in [-0.2, 0) is 9.47 Å². The predicted molar refractivity (Wildman–Crippen MR) is 78.7 cm³/mol. The number of H-pyrrole nitrogens is 1. The van der Waals surface area contributed by atoms with E-state index in [9.17, 15) is 0 Å². The molecule has 0 amide bonds. The quantitative estimate of drug-likeness (QED) is 0.861. The molecule has 1 N–H and O–H groups in total. The molecule has 1 aromatic rings. The van der Waals surface area contributed by atoms with Crippen LogP contribution in [0.25, 0.3) is 0 Å². The number of hydrogen-bond donors (Lipinski definition) is 1. The summed E-state index contributed by atoms with van der Waals surface area (Å²) >= 11 is 5.42. The Labute approximate surface area is 124 Å². The van der Waals surface area contributed by atoms with Crippen molar-refractivity contribution in [3.8, 4) is 0 Å². The monoisotopic (exact) mass is 298 g/mol. The number of aromatic amines is 1. The molecule has 1 aliphatic carbocycles. The highest BCUT2D eigenvalue weighted by molar-refractivity contribution is 7.71. The lowest BCUT2D eigenvalue weighted by Gasteiger charge is -2.21. The Morgan fingerprint density at radius 1 is 1.15 bits per heavy atom. The molecule has 7 heteroatoms. The molecule has 1 saturated carbocycles. The summed E-state index contributed by atoms with van der Waals surface area (Å²) in [5.74, 6) is 0.934. The Bertz CT molecular complexity index is 497. The molecule has 112 valence electrons. The first kappa shape index (κ1) is 14.0. The maximum atomic E-state index is 5.50. The van der Waals surface area contributed by atoms with Crippen molar-refractivity contribution in [2.24, 2.45) is 0 Å². The van der Waals surface area contributed by atoms with Crippen molar-refractivity contribution in [1.29, 1.82) is 0 Å². The number of ether oxygens (including phenoxy) is 2.